The van der Waals surface area contributed by atoms with Gasteiger partial charge in [-0.05, 0) is 49.4 Å². The Labute approximate surface area is 233 Å². The van der Waals surface area contributed by atoms with Gasteiger partial charge < -0.3 is 15.4 Å². The first-order chi connectivity index (χ1) is 18.2. The number of carbonyl (C=O) groups is 1. The summed E-state index contributed by atoms with van der Waals surface area (Å²) in [5, 5.41) is 5.84. The maximum absolute atomic E-state index is 13.7. The monoisotopic (exact) mass is 601 g/mol. The number of sulfonamides is 1. The van der Waals surface area contributed by atoms with Crippen LogP contribution in [-0.4, -0.2) is 33.0 Å². The van der Waals surface area contributed by atoms with Gasteiger partial charge in [0.05, 0.1) is 11.3 Å². The molecule has 2 aromatic carbocycles. The first-order valence-electron chi connectivity index (χ1n) is 12.0. The van der Waals surface area contributed by atoms with E-state index in [1.807, 2.05) is 0 Å². The molecule has 0 bridgehead atoms. The molecule has 210 valence electrons. The van der Waals surface area contributed by atoms with Crippen molar-refractivity contribution in [2.24, 2.45) is 5.92 Å². The zero-order chi connectivity index (χ0) is 28.6. The molecule has 0 spiro atoms. The number of thiophene rings is 1. The molecule has 1 atom stereocenters. The van der Waals surface area contributed by atoms with Gasteiger partial charge >= 0.3 is 6.18 Å². The summed E-state index contributed by atoms with van der Waals surface area (Å²) in [7, 11) is -4.21. The fourth-order valence-corrected chi connectivity index (χ4v) is 6.80. The molecule has 2 heterocycles. The van der Waals surface area contributed by atoms with Gasteiger partial charge in [0.1, 0.15) is 19.9 Å². The highest BCUT2D eigenvalue weighted by atomic mass is 35.5. The van der Waals surface area contributed by atoms with Gasteiger partial charge in [0.2, 0.25) is 5.91 Å². The van der Waals surface area contributed by atoms with Crippen LogP contribution in [0.2, 0.25) is 4.34 Å². The highest BCUT2D eigenvalue weighted by Crippen LogP contribution is 2.42. The second-order valence-corrected chi connectivity index (χ2v) is 13.3. The second kappa shape index (κ2) is 11.0. The fraction of sp³-hybridized carbons (Fsp3) is 0.346. The summed E-state index contributed by atoms with van der Waals surface area (Å²) in [6.45, 7) is 6.17. The van der Waals surface area contributed by atoms with Crippen LogP contribution < -0.4 is 20.1 Å². The summed E-state index contributed by atoms with van der Waals surface area (Å²) in [4.78, 5) is 12.1. The minimum Gasteiger partial charge on any atom is -0.485 e. The smallest absolute Gasteiger partial charge is 0.419 e. The van der Waals surface area contributed by atoms with Crippen molar-refractivity contribution >= 4 is 50.2 Å². The molecule has 4 rings (SSSR count). The quantitative estimate of drug-likeness (QED) is 0.270. The average Bonchev–Trinajstić information content (AvgIpc) is 3.44. The molecule has 1 fully saturated rings. The summed E-state index contributed by atoms with van der Waals surface area (Å²) < 4.78 is 75.5. The summed E-state index contributed by atoms with van der Waals surface area (Å²) in [6, 6.07) is 11.1. The number of alkyl halides is 3. The summed E-state index contributed by atoms with van der Waals surface area (Å²) in [6.07, 6.45) is -4.19. The number of ether oxygens (including phenoxy) is 1. The number of amides is 1. The highest BCUT2D eigenvalue weighted by molar-refractivity contribution is 7.94. The maximum Gasteiger partial charge on any atom is 0.419 e. The van der Waals surface area contributed by atoms with Gasteiger partial charge in [0.15, 0.2) is 0 Å². The van der Waals surface area contributed by atoms with Crippen molar-refractivity contribution in [3.05, 3.63) is 58.4 Å². The fourth-order valence-electron chi connectivity index (χ4n) is 3.98. The van der Waals surface area contributed by atoms with Crippen LogP contribution in [0.4, 0.5) is 24.5 Å². The standard InChI is InChI=1S/C26H27ClF3N3O4S2/c1-15(2)24(34)32-17-6-4-5-16(11-17)19-13-22(38-23(19)27)39(35,36)33-18-7-8-20(26(28,29)30)21(12-18)37-25(3)9-10-31-14-25/h4-8,11-13,15,31,33H,9-10,14H2,1-3H3,(H,32,34)/t25-/m1/s1. The van der Waals surface area contributed by atoms with Gasteiger partial charge in [-0.3, -0.25) is 9.52 Å². The zero-order valence-electron chi connectivity index (χ0n) is 21.3. The lowest BCUT2D eigenvalue weighted by Crippen LogP contribution is -2.35. The molecular weight excluding hydrogens is 575 g/mol. The Morgan fingerprint density at radius 3 is 2.54 bits per heavy atom. The lowest BCUT2D eigenvalue weighted by molar-refractivity contribution is -0.139. The lowest BCUT2D eigenvalue weighted by atomic mass is 10.1. The van der Waals surface area contributed by atoms with E-state index in [2.05, 4.69) is 15.4 Å². The number of hydrogen-bond acceptors (Lipinski definition) is 6. The maximum atomic E-state index is 13.7. The van der Waals surface area contributed by atoms with Crippen LogP contribution in [0.1, 0.15) is 32.8 Å². The van der Waals surface area contributed by atoms with Gasteiger partial charge in [0, 0.05) is 36.2 Å². The van der Waals surface area contributed by atoms with Crippen molar-refractivity contribution in [1.29, 1.82) is 0 Å². The van der Waals surface area contributed by atoms with E-state index in [0.717, 1.165) is 29.5 Å². The number of hydrogen-bond donors (Lipinski definition) is 3. The zero-order valence-corrected chi connectivity index (χ0v) is 23.7. The number of halogens is 4. The topological polar surface area (TPSA) is 96.5 Å². The molecule has 0 saturated carbocycles. The number of carbonyl (C=O) groups excluding carboxylic acids is 1. The van der Waals surface area contributed by atoms with Gasteiger partial charge in [-0.2, -0.15) is 13.2 Å². The number of nitrogens with one attached hydrogen (secondary N) is 3. The van der Waals surface area contributed by atoms with Gasteiger partial charge in [-0.15, -0.1) is 11.3 Å². The Morgan fingerprint density at radius 2 is 1.90 bits per heavy atom. The first kappa shape index (κ1) is 29.2. The molecule has 13 heteroatoms. The van der Waals surface area contributed by atoms with Crippen LogP contribution >= 0.6 is 22.9 Å². The van der Waals surface area contributed by atoms with Crippen molar-refractivity contribution in [1.82, 2.24) is 5.32 Å². The van der Waals surface area contributed by atoms with Crippen LogP contribution in [0.3, 0.4) is 0 Å². The van der Waals surface area contributed by atoms with E-state index >= 15 is 0 Å². The summed E-state index contributed by atoms with van der Waals surface area (Å²) >= 11 is 7.20. The minimum absolute atomic E-state index is 0.0861. The van der Waals surface area contributed by atoms with Gasteiger partial charge in [-0.1, -0.05) is 37.6 Å². The lowest BCUT2D eigenvalue weighted by Gasteiger charge is -2.27. The van der Waals surface area contributed by atoms with Crippen LogP contribution in [-0.2, 0) is 21.0 Å². The normalized spacial score (nSPS) is 17.8. The minimum atomic E-state index is -4.69. The van der Waals surface area contributed by atoms with Crippen LogP contribution in [0.15, 0.2) is 52.7 Å². The number of benzene rings is 2. The van der Waals surface area contributed by atoms with Crippen molar-refractivity contribution < 1.29 is 31.1 Å². The van der Waals surface area contributed by atoms with E-state index in [1.165, 1.54) is 6.07 Å². The van der Waals surface area contributed by atoms with Crippen LogP contribution in [0.25, 0.3) is 11.1 Å². The largest absolute Gasteiger partial charge is 0.485 e. The molecule has 1 aliphatic heterocycles. The Morgan fingerprint density at radius 1 is 1.15 bits per heavy atom. The number of rotatable bonds is 8. The molecule has 1 saturated heterocycles. The molecule has 0 unspecified atom stereocenters. The molecule has 1 aromatic heterocycles. The Balaban J connectivity index is 1.61. The molecule has 3 aromatic rings. The molecule has 7 nitrogen and oxygen atoms in total. The predicted octanol–water partition coefficient (Wildman–Crippen LogP) is 6.61. The molecule has 1 aliphatic rings. The Bertz CT molecular complexity index is 1480. The van der Waals surface area contributed by atoms with Crippen LogP contribution in [0, 0.1) is 5.92 Å². The molecule has 3 N–H and O–H groups in total. The van der Waals surface area contributed by atoms with E-state index in [1.54, 1.807) is 45.0 Å². The van der Waals surface area contributed by atoms with Crippen LogP contribution in [0.5, 0.6) is 5.75 Å². The van der Waals surface area contributed by atoms with Crippen molar-refractivity contribution in [2.75, 3.05) is 23.1 Å². The molecule has 0 radical (unpaired) electrons. The second-order valence-electron chi connectivity index (χ2n) is 9.77. The predicted molar refractivity (Wildman–Crippen MR) is 147 cm³/mol. The van der Waals surface area contributed by atoms with E-state index in [-0.39, 0.29) is 26.1 Å². The molecule has 39 heavy (non-hydrogen) atoms. The van der Waals surface area contributed by atoms with Crippen molar-refractivity contribution in [2.45, 2.75) is 43.2 Å². The first-order valence-corrected chi connectivity index (χ1v) is 14.7. The third kappa shape index (κ3) is 6.86. The van der Waals surface area contributed by atoms with Crippen molar-refractivity contribution in [3.8, 4) is 16.9 Å². The SMILES string of the molecule is CC(C)C(=O)Nc1cccc(-c2cc(S(=O)(=O)Nc3ccc(C(F)(F)F)c(O[C@]4(C)CCNC4)c3)sc2Cl)c1. The van der Waals surface area contributed by atoms with E-state index in [9.17, 15) is 26.4 Å². The molecular formula is C26H27ClF3N3O4S2. The Kier molecular flexibility index (Phi) is 8.23. The van der Waals surface area contributed by atoms with E-state index < -0.39 is 33.1 Å². The molecule has 1 amide bonds. The van der Waals surface area contributed by atoms with Crippen molar-refractivity contribution in [3.63, 3.8) is 0 Å². The number of anilines is 2. The Hall–Kier alpha value is -2.80. The summed E-state index contributed by atoms with van der Waals surface area (Å²) in [5.74, 6) is -0.858. The summed E-state index contributed by atoms with van der Waals surface area (Å²) in [5.41, 5.74) is -0.402. The van der Waals surface area contributed by atoms with E-state index in [0.29, 0.717) is 36.3 Å². The van der Waals surface area contributed by atoms with E-state index in [4.69, 9.17) is 16.3 Å². The third-order valence-corrected chi connectivity index (χ3v) is 9.33. The molecule has 0 aliphatic carbocycles. The highest BCUT2D eigenvalue weighted by Gasteiger charge is 2.38. The average molecular weight is 602 g/mol. The van der Waals surface area contributed by atoms with Gasteiger partial charge in [-0.25, -0.2) is 8.42 Å². The van der Waals surface area contributed by atoms with Gasteiger partial charge in [0.25, 0.3) is 10.0 Å². The third-order valence-electron chi connectivity index (χ3n) is 6.12.